The zero-order valence-corrected chi connectivity index (χ0v) is 27.1. The number of rotatable bonds is 13. The van der Waals surface area contributed by atoms with Crippen molar-refractivity contribution in [2.75, 3.05) is 24.0 Å². The van der Waals surface area contributed by atoms with Gasteiger partial charge in [-0.05, 0) is 87.2 Å². The Balaban J connectivity index is 1.64. The van der Waals surface area contributed by atoms with E-state index < -0.39 is 28.5 Å². The molecule has 2 amide bonds. The minimum absolute atomic E-state index is 0.0521. The Labute approximate surface area is 263 Å². The Morgan fingerprint density at radius 1 is 0.953 bits per heavy atom. The van der Waals surface area contributed by atoms with Gasteiger partial charge in [0.15, 0.2) is 0 Å². The first-order valence-corrected chi connectivity index (χ1v) is 17.1. The number of carbonyl (C=O) groups excluding carboxylic acids is 2. The van der Waals surface area contributed by atoms with Gasteiger partial charge in [-0.3, -0.25) is 13.9 Å². The number of amides is 2. The van der Waals surface area contributed by atoms with Crippen LogP contribution in [0.2, 0.25) is 0 Å². The average Bonchev–Trinajstić information content (AvgIpc) is 3.01. The molecule has 0 aromatic heterocycles. The Morgan fingerprint density at radius 2 is 1.60 bits per heavy atom. The minimum Gasteiger partial charge on any atom is -0.494 e. The predicted octanol–water partition coefficient (Wildman–Crippen LogP) is 5.95. The fraction of sp³-hybridized carbons (Fsp3) is 0.394. The van der Waals surface area contributed by atoms with Crippen LogP contribution in [0.25, 0.3) is 0 Å². The third kappa shape index (κ3) is 8.83. The predicted molar refractivity (Wildman–Crippen MR) is 173 cm³/mol. The number of sulfonamides is 1. The molecule has 10 heteroatoms. The number of nitrogens with one attached hydrogen (secondary N) is 1. The van der Waals surface area contributed by atoms with Gasteiger partial charge in [-0.25, -0.2) is 8.42 Å². The highest BCUT2D eigenvalue weighted by molar-refractivity contribution is 9.10. The maximum atomic E-state index is 14.1. The highest BCUT2D eigenvalue weighted by Gasteiger charge is 2.33. The first-order valence-electron chi connectivity index (χ1n) is 14.8. The van der Waals surface area contributed by atoms with Gasteiger partial charge in [-0.15, -0.1) is 0 Å². The van der Waals surface area contributed by atoms with Crippen LogP contribution in [-0.4, -0.2) is 56.9 Å². The van der Waals surface area contributed by atoms with Crippen LogP contribution in [-0.2, 0) is 26.0 Å². The number of anilines is 1. The molecule has 1 saturated carbocycles. The van der Waals surface area contributed by atoms with Crippen LogP contribution < -0.4 is 14.4 Å². The largest absolute Gasteiger partial charge is 0.494 e. The SMILES string of the molecule is CCOc1ccc(N(CC(=O)N(CCc2ccccc2)[C@H](C)C(=O)NC2CCCCC2)S(=O)(=O)c2ccc(Br)cc2)cc1. The smallest absolute Gasteiger partial charge is 0.264 e. The van der Waals surface area contributed by atoms with Crippen LogP contribution >= 0.6 is 15.9 Å². The van der Waals surface area contributed by atoms with E-state index in [2.05, 4.69) is 21.2 Å². The van der Waals surface area contributed by atoms with E-state index >= 15 is 0 Å². The summed E-state index contributed by atoms with van der Waals surface area (Å²) >= 11 is 3.36. The second kappa shape index (κ2) is 15.4. The molecular weight excluding hydrogens is 630 g/mol. The quantitative estimate of drug-likeness (QED) is 0.243. The van der Waals surface area contributed by atoms with Gasteiger partial charge in [0.1, 0.15) is 18.3 Å². The molecule has 0 aliphatic heterocycles. The van der Waals surface area contributed by atoms with E-state index in [1.165, 1.54) is 17.0 Å². The molecule has 0 saturated heterocycles. The summed E-state index contributed by atoms with van der Waals surface area (Å²) < 4.78 is 35.4. The number of benzene rings is 3. The summed E-state index contributed by atoms with van der Waals surface area (Å²) in [5, 5.41) is 3.13. The first kappa shape index (κ1) is 32.5. The average molecular weight is 671 g/mol. The molecule has 0 bridgehead atoms. The molecule has 1 aliphatic rings. The third-order valence-corrected chi connectivity index (χ3v) is 10.0. The molecule has 0 heterocycles. The first-order chi connectivity index (χ1) is 20.7. The molecule has 4 rings (SSSR count). The molecule has 0 radical (unpaired) electrons. The molecule has 0 spiro atoms. The Bertz CT molecular complexity index is 1440. The zero-order valence-electron chi connectivity index (χ0n) is 24.7. The lowest BCUT2D eigenvalue weighted by Gasteiger charge is -2.33. The summed E-state index contributed by atoms with van der Waals surface area (Å²) in [7, 11) is -4.14. The van der Waals surface area contributed by atoms with Gasteiger partial charge < -0.3 is 15.0 Å². The fourth-order valence-corrected chi connectivity index (χ4v) is 6.96. The van der Waals surface area contributed by atoms with E-state index in [1.807, 2.05) is 37.3 Å². The molecule has 1 aliphatic carbocycles. The van der Waals surface area contributed by atoms with Gasteiger partial charge >= 0.3 is 0 Å². The van der Waals surface area contributed by atoms with Crippen LogP contribution in [0.4, 0.5) is 5.69 Å². The van der Waals surface area contributed by atoms with Crippen LogP contribution in [0.15, 0.2) is 88.2 Å². The number of halogens is 1. The van der Waals surface area contributed by atoms with Crippen molar-refractivity contribution in [3.8, 4) is 5.75 Å². The van der Waals surface area contributed by atoms with E-state index in [1.54, 1.807) is 43.3 Å². The zero-order chi connectivity index (χ0) is 30.8. The van der Waals surface area contributed by atoms with Crippen molar-refractivity contribution in [2.24, 2.45) is 0 Å². The van der Waals surface area contributed by atoms with Gasteiger partial charge in [0.05, 0.1) is 17.2 Å². The van der Waals surface area contributed by atoms with E-state index in [4.69, 9.17) is 4.74 Å². The van der Waals surface area contributed by atoms with E-state index in [9.17, 15) is 18.0 Å². The Kier molecular flexibility index (Phi) is 11.6. The molecule has 3 aromatic carbocycles. The lowest BCUT2D eigenvalue weighted by atomic mass is 9.95. The molecule has 1 fully saturated rings. The number of carbonyl (C=O) groups is 2. The maximum absolute atomic E-state index is 14.1. The van der Waals surface area contributed by atoms with Crippen molar-refractivity contribution < 1.29 is 22.7 Å². The van der Waals surface area contributed by atoms with Crippen molar-refractivity contribution in [1.29, 1.82) is 0 Å². The van der Waals surface area contributed by atoms with E-state index in [0.29, 0.717) is 24.5 Å². The monoisotopic (exact) mass is 669 g/mol. The topological polar surface area (TPSA) is 96.0 Å². The number of ether oxygens (including phenoxy) is 1. The van der Waals surface area contributed by atoms with Crippen molar-refractivity contribution in [2.45, 2.75) is 69.4 Å². The van der Waals surface area contributed by atoms with Gasteiger partial charge in [-0.1, -0.05) is 65.5 Å². The van der Waals surface area contributed by atoms with Gasteiger partial charge in [-0.2, -0.15) is 0 Å². The third-order valence-electron chi connectivity index (χ3n) is 7.72. The summed E-state index contributed by atoms with van der Waals surface area (Å²) in [4.78, 5) is 29.1. The Hall–Kier alpha value is -3.37. The fourth-order valence-electron chi connectivity index (χ4n) is 5.28. The van der Waals surface area contributed by atoms with Crippen LogP contribution in [0.3, 0.4) is 0 Å². The highest BCUT2D eigenvalue weighted by atomic mass is 79.9. The molecular formula is C33H40BrN3O5S. The van der Waals surface area contributed by atoms with Crippen LogP contribution in [0, 0.1) is 0 Å². The van der Waals surface area contributed by atoms with E-state index in [-0.39, 0.29) is 23.4 Å². The molecule has 1 N–H and O–H groups in total. The molecule has 230 valence electrons. The standard InChI is InChI=1S/C33H40BrN3O5S/c1-3-42-30-18-16-29(17-19-30)37(43(40,41)31-20-14-27(34)15-21-31)24-32(38)36(23-22-26-10-6-4-7-11-26)25(2)33(39)35-28-12-8-5-9-13-28/h4,6-7,10-11,14-21,25,28H,3,5,8-9,12-13,22-24H2,1-2H3,(H,35,39)/t25-/m1/s1. The summed E-state index contributed by atoms with van der Waals surface area (Å²) in [6.07, 6.45) is 5.68. The normalized spacial score (nSPS) is 14.5. The van der Waals surface area contributed by atoms with Crippen LogP contribution in [0.1, 0.15) is 51.5 Å². The lowest BCUT2D eigenvalue weighted by Crippen LogP contribution is -2.53. The molecule has 8 nitrogen and oxygen atoms in total. The highest BCUT2D eigenvalue weighted by Crippen LogP contribution is 2.27. The molecule has 3 aromatic rings. The van der Waals surface area contributed by atoms with Gasteiger partial charge in [0, 0.05) is 17.1 Å². The van der Waals surface area contributed by atoms with Crippen molar-refractivity contribution in [1.82, 2.24) is 10.2 Å². The number of hydrogen-bond acceptors (Lipinski definition) is 5. The Morgan fingerprint density at radius 3 is 2.23 bits per heavy atom. The summed E-state index contributed by atoms with van der Waals surface area (Å²) in [6, 6.07) is 21.9. The van der Waals surface area contributed by atoms with E-state index in [0.717, 1.165) is 46.4 Å². The molecule has 1 atom stereocenters. The minimum atomic E-state index is -4.14. The second-order valence-corrected chi connectivity index (χ2v) is 13.5. The molecule has 0 unspecified atom stereocenters. The summed E-state index contributed by atoms with van der Waals surface area (Å²) in [6.45, 7) is 3.84. The van der Waals surface area contributed by atoms with Crippen molar-refractivity contribution in [3.63, 3.8) is 0 Å². The van der Waals surface area contributed by atoms with Crippen LogP contribution in [0.5, 0.6) is 5.75 Å². The second-order valence-electron chi connectivity index (χ2n) is 10.7. The number of nitrogens with zero attached hydrogens (tertiary/aromatic N) is 2. The number of hydrogen-bond donors (Lipinski definition) is 1. The van der Waals surface area contributed by atoms with Crippen molar-refractivity contribution >= 4 is 43.5 Å². The maximum Gasteiger partial charge on any atom is 0.264 e. The molecule has 43 heavy (non-hydrogen) atoms. The summed E-state index contributed by atoms with van der Waals surface area (Å²) in [5.74, 6) is -0.0930. The van der Waals surface area contributed by atoms with Gasteiger partial charge in [0.25, 0.3) is 10.0 Å². The lowest BCUT2D eigenvalue weighted by molar-refractivity contribution is -0.139. The van der Waals surface area contributed by atoms with Crippen molar-refractivity contribution in [3.05, 3.63) is 88.9 Å². The summed E-state index contributed by atoms with van der Waals surface area (Å²) in [5.41, 5.74) is 1.34. The van der Waals surface area contributed by atoms with Gasteiger partial charge in [0.2, 0.25) is 11.8 Å².